The molecule has 3 aromatic rings. The highest BCUT2D eigenvalue weighted by molar-refractivity contribution is 5.93. The second-order valence-electron chi connectivity index (χ2n) is 9.63. The molecule has 3 saturated heterocycles. The van der Waals surface area contributed by atoms with Crippen LogP contribution in [0.4, 0.5) is 14.6 Å². The molecule has 0 saturated carbocycles. The number of likely N-dealkylation sites (tertiary alicyclic amines) is 1. The predicted molar refractivity (Wildman–Crippen MR) is 125 cm³/mol. The third-order valence-electron chi connectivity index (χ3n) is 7.04. The Morgan fingerprint density at radius 1 is 1.22 bits per heavy atom. The Labute approximate surface area is 206 Å². The van der Waals surface area contributed by atoms with Crippen LogP contribution in [0.25, 0.3) is 11.0 Å². The van der Waals surface area contributed by atoms with Gasteiger partial charge in [0.2, 0.25) is 0 Å². The SMILES string of the molecule is O=C(c1cc(N2CCC(c3n[nH]c4ncccc34)CC2)nc(OC[C@H]2CCCO2)n1)N1CC(F)(F)C1. The van der Waals surface area contributed by atoms with Gasteiger partial charge in [0.1, 0.15) is 18.1 Å². The first-order chi connectivity index (χ1) is 17.4. The van der Waals surface area contributed by atoms with Gasteiger partial charge in [-0.2, -0.15) is 15.1 Å². The number of piperidine rings is 1. The molecule has 12 heteroatoms. The number of pyridine rings is 1. The quantitative estimate of drug-likeness (QED) is 0.552. The van der Waals surface area contributed by atoms with Crippen LogP contribution in [0.2, 0.25) is 0 Å². The maximum atomic E-state index is 13.4. The van der Waals surface area contributed by atoms with E-state index in [4.69, 9.17) is 9.47 Å². The summed E-state index contributed by atoms with van der Waals surface area (Å²) >= 11 is 0. The fourth-order valence-electron chi connectivity index (χ4n) is 5.08. The number of nitrogens with zero attached hydrogens (tertiary/aromatic N) is 6. The first-order valence-corrected chi connectivity index (χ1v) is 12.3. The van der Waals surface area contributed by atoms with Crippen molar-refractivity contribution in [2.75, 3.05) is 44.3 Å². The second kappa shape index (κ2) is 9.23. The number of halogens is 2. The molecule has 36 heavy (non-hydrogen) atoms. The fourth-order valence-corrected chi connectivity index (χ4v) is 5.08. The highest BCUT2D eigenvalue weighted by Gasteiger charge is 2.47. The lowest BCUT2D eigenvalue weighted by Gasteiger charge is -2.38. The van der Waals surface area contributed by atoms with Crippen LogP contribution in [-0.4, -0.2) is 87.4 Å². The summed E-state index contributed by atoms with van der Waals surface area (Å²) in [5.41, 5.74) is 1.85. The van der Waals surface area contributed by atoms with Crippen LogP contribution in [0.15, 0.2) is 24.4 Å². The molecule has 3 aromatic heterocycles. The van der Waals surface area contributed by atoms with Gasteiger partial charge in [-0.3, -0.25) is 9.89 Å². The van der Waals surface area contributed by atoms with Crippen molar-refractivity contribution in [3.8, 4) is 6.01 Å². The number of fused-ring (bicyclic) bond motifs is 1. The van der Waals surface area contributed by atoms with E-state index in [9.17, 15) is 13.6 Å². The molecule has 6 rings (SSSR count). The average Bonchev–Trinajstić information content (AvgIpc) is 3.56. The van der Waals surface area contributed by atoms with E-state index in [1.165, 1.54) is 0 Å². The Kier molecular flexibility index (Phi) is 5.90. The maximum Gasteiger partial charge on any atom is 0.319 e. The van der Waals surface area contributed by atoms with Gasteiger partial charge in [-0.05, 0) is 37.8 Å². The summed E-state index contributed by atoms with van der Waals surface area (Å²) in [6, 6.07) is 5.56. The number of alkyl halides is 2. The summed E-state index contributed by atoms with van der Waals surface area (Å²) in [5.74, 6) is -2.58. The van der Waals surface area contributed by atoms with Gasteiger partial charge in [-0.1, -0.05) is 0 Å². The molecule has 0 aromatic carbocycles. The highest BCUT2D eigenvalue weighted by Crippen LogP contribution is 2.33. The molecular weight excluding hydrogens is 472 g/mol. The monoisotopic (exact) mass is 499 g/mol. The zero-order valence-corrected chi connectivity index (χ0v) is 19.7. The Morgan fingerprint density at radius 2 is 2.06 bits per heavy atom. The van der Waals surface area contributed by atoms with Crippen molar-refractivity contribution in [3.05, 3.63) is 35.8 Å². The van der Waals surface area contributed by atoms with E-state index in [2.05, 4.69) is 30.0 Å². The summed E-state index contributed by atoms with van der Waals surface area (Å²) in [6.07, 6.45) is 5.23. The van der Waals surface area contributed by atoms with Gasteiger partial charge >= 0.3 is 6.01 Å². The van der Waals surface area contributed by atoms with Gasteiger partial charge in [0, 0.05) is 43.3 Å². The lowest BCUT2D eigenvalue weighted by atomic mass is 9.92. The molecular formula is C24H27F2N7O3. The number of hydrogen-bond donors (Lipinski definition) is 1. The van der Waals surface area contributed by atoms with E-state index in [-0.39, 0.29) is 30.3 Å². The molecule has 0 spiro atoms. The molecule has 10 nitrogen and oxygen atoms in total. The molecule has 1 atom stereocenters. The number of anilines is 1. The van der Waals surface area contributed by atoms with Crippen LogP contribution >= 0.6 is 0 Å². The molecule has 3 fully saturated rings. The second-order valence-corrected chi connectivity index (χ2v) is 9.63. The van der Waals surface area contributed by atoms with Crippen molar-refractivity contribution in [3.63, 3.8) is 0 Å². The van der Waals surface area contributed by atoms with Crippen molar-refractivity contribution in [1.29, 1.82) is 0 Å². The van der Waals surface area contributed by atoms with E-state index in [1.54, 1.807) is 12.3 Å². The maximum absolute atomic E-state index is 13.4. The van der Waals surface area contributed by atoms with E-state index >= 15 is 0 Å². The number of ether oxygens (including phenoxy) is 2. The summed E-state index contributed by atoms with van der Waals surface area (Å²) in [4.78, 5) is 29.2. The number of carbonyl (C=O) groups excluding carboxylic acids is 1. The first kappa shape index (κ1) is 23.0. The van der Waals surface area contributed by atoms with Gasteiger partial charge in [0.05, 0.1) is 24.9 Å². The van der Waals surface area contributed by atoms with Crippen molar-refractivity contribution >= 4 is 22.8 Å². The average molecular weight is 500 g/mol. The number of rotatable bonds is 6. The van der Waals surface area contributed by atoms with Crippen molar-refractivity contribution < 1.29 is 23.0 Å². The number of hydrogen-bond acceptors (Lipinski definition) is 8. The Balaban J connectivity index is 1.19. The normalized spacial score (nSPS) is 22.1. The van der Waals surface area contributed by atoms with E-state index in [0.717, 1.165) is 47.3 Å². The molecule has 6 heterocycles. The van der Waals surface area contributed by atoms with Gasteiger partial charge in [-0.15, -0.1) is 0 Å². The fraction of sp³-hybridized carbons (Fsp3) is 0.542. The highest BCUT2D eigenvalue weighted by atomic mass is 19.3. The lowest BCUT2D eigenvalue weighted by Crippen LogP contribution is -2.58. The summed E-state index contributed by atoms with van der Waals surface area (Å²) in [6.45, 7) is 1.15. The predicted octanol–water partition coefficient (Wildman–Crippen LogP) is 2.78. The molecule has 0 unspecified atom stereocenters. The van der Waals surface area contributed by atoms with Crippen LogP contribution in [0.3, 0.4) is 0 Å². The molecule has 3 aliphatic heterocycles. The molecule has 1 amide bonds. The zero-order chi connectivity index (χ0) is 24.7. The number of carbonyl (C=O) groups is 1. The molecule has 1 N–H and O–H groups in total. The van der Waals surface area contributed by atoms with Crippen molar-refractivity contribution in [1.82, 2.24) is 30.0 Å². The minimum atomic E-state index is -2.85. The first-order valence-electron chi connectivity index (χ1n) is 12.3. The zero-order valence-electron chi connectivity index (χ0n) is 19.7. The van der Waals surface area contributed by atoms with Gasteiger partial charge < -0.3 is 19.3 Å². The van der Waals surface area contributed by atoms with E-state index in [0.29, 0.717) is 25.5 Å². The van der Waals surface area contributed by atoms with Crippen LogP contribution < -0.4 is 9.64 Å². The number of nitrogens with one attached hydrogen (secondary N) is 1. The smallest absolute Gasteiger partial charge is 0.319 e. The van der Waals surface area contributed by atoms with Crippen LogP contribution in [0.5, 0.6) is 6.01 Å². The third kappa shape index (κ3) is 4.57. The van der Waals surface area contributed by atoms with Crippen molar-refractivity contribution in [2.45, 2.75) is 43.6 Å². The van der Waals surface area contributed by atoms with Gasteiger partial charge in [-0.25, -0.2) is 13.8 Å². The largest absolute Gasteiger partial charge is 0.461 e. The Hall–Kier alpha value is -3.41. The van der Waals surface area contributed by atoms with E-state index in [1.807, 2.05) is 12.1 Å². The van der Waals surface area contributed by atoms with Crippen LogP contribution in [0.1, 0.15) is 47.8 Å². The summed E-state index contributed by atoms with van der Waals surface area (Å²) in [5, 5.41) is 8.53. The molecule has 0 radical (unpaired) electrons. The van der Waals surface area contributed by atoms with Crippen LogP contribution in [-0.2, 0) is 4.74 Å². The molecule has 0 aliphatic carbocycles. The summed E-state index contributed by atoms with van der Waals surface area (Å²) in [7, 11) is 0. The Morgan fingerprint density at radius 3 is 2.81 bits per heavy atom. The topological polar surface area (TPSA) is 109 Å². The third-order valence-corrected chi connectivity index (χ3v) is 7.04. The molecule has 3 aliphatic rings. The summed E-state index contributed by atoms with van der Waals surface area (Å²) < 4.78 is 38.1. The standard InChI is InChI=1S/C24H27F2N7O3/c25-24(26)13-33(14-24)22(34)18-11-19(29-23(28-18)36-12-16-3-2-10-35-16)32-8-5-15(6-9-32)20-17-4-1-7-27-21(17)31-30-20/h1,4,7,11,15-16H,2-3,5-6,8-10,12-14H2,(H,27,30,31)/t16-/m1/s1. The number of aromatic amines is 1. The minimum absolute atomic E-state index is 0.0422. The minimum Gasteiger partial charge on any atom is -0.461 e. The molecule has 190 valence electrons. The number of amides is 1. The Bertz CT molecular complexity index is 1250. The van der Waals surface area contributed by atoms with Gasteiger partial charge in [0.15, 0.2) is 5.65 Å². The number of aromatic nitrogens is 5. The molecule has 0 bridgehead atoms. The van der Waals surface area contributed by atoms with Crippen LogP contribution in [0, 0.1) is 0 Å². The van der Waals surface area contributed by atoms with Crippen molar-refractivity contribution in [2.24, 2.45) is 0 Å². The van der Waals surface area contributed by atoms with Gasteiger partial charge in [0.25, 0.3) is 11.8 Å². The van der Waals surface area contributed by atoms with E-state index < -0.39 is 24.9 Å². The lowest BCUT2D eigenvalue weighted by molar-refractivity contribution is -0.113. The number of H-pyrrole nitrogens is 1.